The molecule has 33 heavy (non-hydrogen) atoms. The highest BCUT2D eigenvalue weighted by Crippen LogP contribution is 2.32. The number of fused-ring (bicyclic) bond motifs is 1. The molecule has 0 bridgehead atoms. The van der Waals surface area contributed by atoms with Crippen LogP contribution in [0.1, 0.15) is 24.1 Å². The summed E-state index contributed by atoms with van der Waals surface area (Å²) in [6.45, 7) is 2.48. The van der Waals surface area contributed by atoms with Gasteiger partial charge in [0.2, 0.25) is 5.88 Å². The van der Waals surface area contributed by atoms with E-state index in [-0.39, 0.29) is 6.04 Å². The van der Waals surface area contributed by atoms with Gasteiger partial charge in [-0.2, -0.15) is 0 Å². The second kappa shape index (κ2) is 9.40. The molecule has 0 saturated carbocycles. The van der Waals surface area contributed by atoms with E-state index in [1.165, 1.54) is 0 Å². The van der Waals surface area contributed by atoms with E-state index in [0.29, 0.717) is 18.2 Å². The summed E-state index contributed by atoms with van der Waals surface area (Å²) in [4.78, 5) is 9.24. The van der Waals surface area contributed by atoms with Crippen LogP contribution in [0.5, 0.6) is 17.4 Å². The van der Waals surface area contributed by atoms with Crippen molar-refractivity contribution in [3.05, 3.63) is 102 Å². The molecule has 3 aromatic carbocycles. The summed E-state index contributed by atoms with van der Waals surface area (Å²) in [6, 6.07) is 27.6. The summed E-state index contributed by atoms with van der Waals surface area (Å²) < 4.78 is 13.0. The number of thiazole rings is 1. The lowest BCUT2D eigenvalue weighted by Crippen LogP contribution is -2.04. The Morgan fingerprint density at radius 1 is 0.909 bits per heavy atom. The van der Waals surface area contributed by atoms with E-state index in [4.69, 9.17) is 20.2 Å². The third-order valence-corrected chi connectivity index (χ3v) is 6.28. The SMILES string of the molecule is CC(N)c1ccc2sc(-c3ccc(Oc4cccc(OCc5ccccc5)c4)nc3)nc2c1. The molecule has 164 valence electrons. The van der Waals surface area contributed by atoms with Crippen LogP contribution in [0, 0.1) is 0 Å². The normalized spacial score (nSPS) is 11.9. The molecule has 5 aromatic rings. The molecular formula is C27H23N3O2S. The van der Waals surface area contributed by atoms with E-state index >= 15 is 0 Å². The highest BCUT2D eigenvalue weighted by atomic mass is 32.1. The van der Waals surface area contributed by atoms with Crippen LogP contribution in [-0.2, 0) is 6.61 Å². The smallest absolute Gasteiger partial charge is 0.219 e. The largest absolute Gasteiger partial charge is 0.489 e. The predicted molar refractivity (Wildman–Crippen MR) is 133 cm³/mol. The lowest BCUT2D eigenvalue weighted by atomic mass is 10.1. The van der Waals surface area contributed by atoms with Gasteiger partial charge in [0, 0.05) is 29.9 Å². The van der Waals surface area contributed by atoms with Gasteiger partial charge in [-0.3, -0.25) is 0 Å². The second-order valence-electron chi connectivity index (χ2n) is 7.77. The molecule has 0 spiro atoms. The quantitative estimate of drug-likeness (QED) is 0.295. The van der Waals surface area contributed by atoms with Gasteiger partial charge in [0.15, 0.2) is 0 Å². The molecule has 1 unspecified atom stereocenters. The van der Waals surface area contributed by atoms with Crippen molar-refractivity contribution in [3.8, 4) is 28.0 Å². The van der Waals surface area contributed by atoms with Crippen molar-refractivity contribution in [2.45, 2.75) is 19.6 Å². The summed E-state index contributed by atoms with van der Waals surface area (Å²) in [7, 11) is 0. The van der Waals surface area contributed by atoms with Gasteiger partial charge >= 0.3 is 0 Å². The van der Waals surface area contributed by atoms with E-state index < -0.39 is 0 Å². The first-order chi connectivity index (χ1) is 16.1. The van der Waals surface area contributed by atoms with Crippen LogP contribution < -0.4 is 15.2 Å². The standard InChI is InChI=1S/C27H23N3O2S/c1-18(28)20-10-12-25-24(14-20)30-27(33-25)21-11-13-26(29-16-21)32-23-9-5-8-22(15-23)31-17-19-6-3-2-4-7-19/h2-16,18H,17,28H2,1H3. The molecule has 1 atom stereocenters. The fourth-order valence-corrected chi connectivity index (χ4v) is 4.34. The molecule has 0 radical (unpaired) electrons. The Morgan fingerprint density at radius 3 is 2.55 bits per heavy atom. The first-order valence-corrected chi connectivity index (χ1v) is 11.5. The first-order valence-electron chi connectivity index (χ1n) is 10.7. The van der Waals surface area contributed by atoms with Crippen LogP contribution in [0.2, 0.25) is 0 Å². The van der Waals surface area contributed by atoms with Crippen LogP contribution in [-0.4, -0.2) is 9.97 Å². The number of ether oxygens (including phenoxy) is 2. The zero-order valence-corrected chi connectivity index (χ0v) is 19.0. The number of hydrogen-bond acceptors (Lipinski definition) is 6. The molecule has 0 aliphatic rings. The van der Waals surface area contributed by atoms with Gasteiger partial charge in [-0.15, -0.1) is 11.3 Å². The van der Waals surface area contributed by atoms with Gasteiger partial charge in [-0.1, -0.05) is 42.5 Å². The molecular weight excluding hydrogens is 430 g/mol. The molecule has 0 amide bonds. The van der Waals surface area contributed by atoms with Gasteiger partial charge in [0.25, 0.3) is 0 Å². The molecule has 0 aliphatic carbocycles. The van der Waals surface area contributed by atoms with Crippen LogP contribution in [0.15, 0.2) is 91.1 Å². The van der Waals surface area contributed by atoms with Gasteiger partial charge < -0.3 is 15.2 Å². The number of benzene rings is 3. The molecule has 2 heterocycles. The lowest BCUT2D eigenvalue weighted by molar-refractivity contribution is 0.304. The van der Waals surface area contributed by atoms with Gasteiger partial charge in [0.1, 0.15) is 23.1 Å². The van der Waals surface area contributed by atoms with E-state index in [2.05, 4.69) is 23.2 Å². The Bertz CT molecular complexity index is 1370. The number of nitrogens with two attached hydrogens (primary N) is 1. The maximum atomic E-state index is 6.00. The molecule has 5 nitrogen and oxygen atoms in total. The Morgan fingerprint density at radius 2 is 1.76 bits per heavy atom. The van der Waals surface area contributed by atoms with Crippen molar-refractivity contribution in [2.24, 2.45) is 5.73 Å². The molecule has 6 heteroatoms. The van der Waals surface area contributed by atoms with Crippen molar-refractivity contribution in [1.29, 1.82) is 0 Å². The van der Waals surface area contributed by atoms with Crippen LogP contribution in [0.3, 0.4) is 0 Å². The van der Waals surface area contributed by atoms with Crippen LogP contribution >= 0.6 is 11.3 Å². The molecule has 0 aliphatic heterocycles. The predicted octanol–water partition coefficient (Wildman–Crippen LogP) is 6.75. The molecule has 0 saturated heterocycles. The number of aromatic nitrogens is 2. The number of pyridine rings is 1. The Balaban J connectivity index is 1.28. The maximum Gasteiger partial charge on any atom is 0.219 e. The van der Waals surface area contributed by atoms with Crippen molar-refractivity contribution < 1.29 is 9.47 Å². The van der Waals surface area contributed by atoms with Crippen molar-refractivity contribution in [2.75, 3.05) is 0 Å². The topological polar surface area (TPSA) is 70.3 Å². The first kappa shape index (κ1) is 21.1. The summed E-state index contributed by atoms with van der Waals surface area (Å²) >= 11 is 1.64. The lowest BCUT2D eigenvalue weighted by Gasteiger charge is -2.09. The molecule has 5 rings (SSSR count). The van der Waals surface area contributed by atoms with Gasteiger partial charge in [0.05, 0.1) is 10.2 Å². The summed E-state index contributed by atoms with van der Waals surface area (Å²) in [5.41, 5.74) is 10.1. The van der Waals surface area contributed by atoms with Crippen molar-refractivity contribution in [1.82, 2.24) is 9.97 Å². The average Bonchev–Trinajstić information content (AvgIpc) is 3.28. The monoisotopic (exact) mass is 453 g/mol. The Kier molecular flexibility index (Phi) is 6.02. The average molecular weight is 454 g/mol. The van der Waals surface area contributed by atoms with Crippen molar-refractivity contribution in [3.63, 3.8) is 0 Å². The summed E-state index contributed by atoms with van der Waals surface area (Å²) in [6.07, 6.45) is 1.79. The third kappa shape index (κ3) is 5.03. The van der Waals surface area contributed by atoms with Gasteiger partial charge in [-0.25, -0.2) is 9.97 Å². The number of rotatable bonds is 7. The number of hydrogen-bond donors (Lipinski definition) is 1. The Hall–Kier alpha value is -3.74. The second-order valence-corrected chi connectivity index (χ2v) is 8.80. The van der Waals surface area contributed by atoms with E-state index in [0.717, 1.165) is 37.7 Å². The minimum Gasteiger partial charge on any atom is -0.489 e. The van der Waals surface area contributed by atoms with Crippen molar-refractivity contribution >= 4 is 21.6 Å². The highest BCUT2D eigenvalue weighted by Gasteiger charge is 2.10. The van der Waals surface area contributed by atoms with Crippen LogP contribution in [0.25, 0.3) is 20.8 Å². The zero-order chi connectivity index (χ0) is 22.6. The van der Waals surface area contributed by atoms with E-state index in [9.17, 15) is 0 Å². The fraction of sp³-hybridized carbons (Fsp3) is 0.111. The summed E-state index contributed by atoms with van der Waals surface area (Å²) in [5.74, 6) is 1.93. The summed E-state index contributed by atoms with van der Waals surface area (Å²) in [5, 5.41) is 0.919. The minimum atomic E-state index is -0.0140. The fourth-order valence-electron chi connectivity index (χ4n) is 3.41. The third-order valence-electron chi connectivity index (χ3n) is 5.20. The molecule has 2 aromatic heterocycles. The molecule has 2 N–H and O–H groups in total. The zero-order valence-electron chi connectivity index (χ0n) is 18.1. The van der Waals surface area contributed by atoms with E-state index in [1.54, 1.807) is 17.5 Å². The molecule has 0 fully saturated rings. The van der Waals surface area contributed by atoms with Crippen LogP contribution in [0.4, 0.5) is 0 Å². The maximum absolute atomic E-state index is 6.00. The Labute approximate surface area is 196 Å². The van der Waals surface area contributed by atoms with E-state index in [1.807, 2.05) is 73.7 Å². The van der Waals surface area contributed by atoms with Gasteiger partial charge in [-0.05, 0) is 48.4 Å². The minimum absolute atomic E-state index is 0.0140. The highest BCUT2D eigenvalue weighted by molar-refractivity contribution is 7.21. The number of nitrogens with zero attached hydrogens (tertiary/aromatic N) is 2.